The van der Waals surface area contributed by atoms with Gasteiger partial charge in [0.2, 0.25) is 0 Å². The number of rotatable bonds is 4. The van der Waals surface area contributed by atoms with Gasteiger partial charge < -0.3 is 10.6 Å². The molecule has 0 amide bonds. The summed E-state index contributed by atoms with van der Waals surface area (Å²) in [6.45, 7) is 4.52. The van der Waals surface area contributed by atoms with Gasteiger partial charge in [0.15, 0.2) is 0 Å². The topological polar surface area (TPSA) is 83.8 Å². The Kier molecular flexibility index (Phi) is 7.99. The lowest BCUT2D eigenvalue weighted by Gasteiger charge is -2.30. The number of aromatic nitrogens is 3. The molecule has 3 aromatic rings. The lowest BCUT2D eigenvalue weighted by Crippen LogP contribution is -2.30. The summed E-state index contributed by atoms with van der Waals surface area (Å²) in [5, 5.41) is 13.7. The van der Waals surface area contributed by atoms with Crippen LogP contribution < -0.4 is 10.6 Å². The fraction of sp³-hybridized carbons (Fsp3) is 0.348. The summed E-state index contributed by atoms with van der Waals surface area (Å²) in [5.41, 5.74) is 6.45. The molecule has 3 heterocycles. The minimum absolute atomic E-state index is 0.0656. The highest BCUT2D eigenvalue weighted by Gasteiger charge is 2.34. The largest absolute Gasteiger partial charge is 0.433 e. The molecule has 0 spiro atoms. The Morgan fingerprint density at radius 3 is 2.50 bits per heavy atom. The number of nitrogens with zero attached hydrogens (tertiary/aromatic N) is 5. The highest BCUT2D eigenvalue weighted by Crippen LogP contribution is 2.36. The van der Waals surface area contributed by atoms with E-state index in [1.807, 2.05) is 11.0 Å². The van der Waals surface area contributed by atoms with Crippen molar-refractivity contribution < 1.29 is 17.6 Å². The Hall–Kier alpha value is -3.32. The summed E-state index contributed by atoms with van der Waals surface area (Å²) in [6, 6.07) is 7.84. The van der Waals surface area contributed by atoms with Crippen molar-refractivity contribution in [3.8, 4) is 6.07 Å². The Morgan fingerprint density at radius 1 is 1.21 bits per heavy atom. The number of aryl methyl sites for hydroxylation is 1. The van der Waals surface area contributed by atoms with Crippen LogP contribution in [0.1, 0.15) is 36.2 Å². The zero-order valence-electron chi connectivity index (χ0n) is 18.2. The summed E-state index contributed by atoms with van der Waals surface area (Å²) in [6.07, 6.45) is 0.0682. The smallest absolute Gasteiger partial charge is 0.399 e. The van der Waals surface area contributed by atoms with Crippen LogP contribution in [0.25, 0.3) is 16.6 Å². The van der Waals surface area contributed by atoms with E-state index in [4.69, 9.17) is 22.6 Å². The number of fused-ring (bicyclic) bond motifs is 1. The molecule has 1 aromatic carbocycles. The Bertz CT molecular complexity index is 1210. The predicted octanol–water partition coefficient (Wildman–Crippen LogP) is 5.55. The van der Waals surface area contributed by atoms with Gasteiger partial charge in [-0.15, -0.1) is 0 Å². The van der Waals surface area contributed by atoms with Crippen LogP contribution >= 0.6 is 11.6 Å². The maximum absolute atomic E-state index is 13.0. The average molecular weight is 495 g/mol. The summed E-state index contributed by atoms with van der Waals surface area (Å²) >= 11 is 5.99. The Labute approximate surface area is 199 Å². The lowest BCUT2D eigenvalue weighted by molar-refractivity contribution is -0.140. The minimum atomic E-state index is -4.45. The molecule has 34 heavy (non-hydrogen) atoms. The summed E-state index contributed by atoms with van der Waals surface area (Å²) in [5.74, 6) is 0. The average Bonchev–Trinajstić information content (AvgIpc) is 3.22. The van der Waals surface area contributed by atoms with E-state index in [-0.39, 0.29) is 17.9 Å². The van der Waals surface area contributed by atoms with Crippen LogP contribution in [0.4, 0.5) is 23.2 Å². The number of hydrogen-bond acceptors (Lipinski definition) is 5. The van der Waals surface area contributed by atoms with Gasteiger partial charge in [0.05, 0.1) is 23.8 Å². The van der Waals surface area contributed by atoms with Crippen molar-refractivity contribution in [3.63, 3.8) is 0 Å². The first-order chi connectivity index (χ1) is 16.2. The Balaban J connectivity index is 0.000000215. The van der Waals surface area contributed by atoms with Gasteiger partial charge in [-0.25, -0.2) is 9.37 Å². The maximum Gasteiger partial charge on any atom is 0.433 e. The standard InChI is InChI=1S/C15H14ClF3N2.C8H9FN4/c16-10-4-5-12-11(8-10)13(21-6-2-1-3-7-21)9-14(20-12)15(17,18)19;1-6(11)7-5-12-13(3-2-9)8(7)4-10/h4-5,8-9H,1-3,6-7H2;5H,1-3,11H2. The Morgan fingerprint density at radius 2 is 1.91 bits per heavy atom. The van der Waals surface area contributed by atoms with E-state index < -0.39 is 18.5 Å². The first kappa shape index (κ1) is 25.3. The van der Waals surface area contributed by atoms with Crippen molar-refractivity contribution in [1.29, 1.82) is 5.26 Å². The summed E-state index contributed by atoms with van der Waals surface area (Å²) in [4.78, 5) is 5.73. The SMILES string of the molecule is C=C(N)c1cnn(CCF)c1C#N.FC(F)(F)c1cc(N2CCCCC2)c2cc(Cl)ccc2n1. The molecule has 2 N–H and O–H groups in total. The molecule has 0 radical (unpaired) electrons. The van der Waals surface area contributed by atoms with Crippen LogP contribution in [0.3, 0.4) is 0 Å². The quantitative estimate of drug-likeness (QED) is 0.481. The van der Waals surface area contributed by atoms with Crippen molar-refractivity contribution >= 4 is 33.9 Å². The van der Waals surface area contributed by atoms with Crippen molar-refractivity contribution in [2.75, 3.05) is 24.7 Å². The molecule has 1 aliphatic heterocycles. The first-order valence-electron chi connectivity index (χ1n) is 10.5. The van der Waals surface area contributed by atoms with Crippen molar-refractivity contribution in [1.82, 2.24) is 14.8 Å². The van der Waals surface area contributed by atoms with Gasteiger partial charge in [-0.3, -0.25) is 4.68 Å². The van der Waals surface area contributed by atoms with Gasteiger partial charge in [0.1, 0.15) is 24.1 Å². The van der Waals surface area contributed by atoms with Crippen LogP contribution in [0, 0.1) is 11.3 Å². The molecule has 0 aliphatic carbocycles. The van der Waals surface area contributed by atoms with Crippen LogP contribution in [-0.4, -0.2) is 34.5 Å². The van der Waals surface area contributed by atoms with E-state index in [2.05, 4.69) is 16.7 Å². The van der Waals surface area contributed by atoms with Gasteiger partial charge in [-0.1, -0.05) is 18.2 Å². The minimum Gasteiger partial charge on any atom is -0.399 e. The van der Waals surface area contributed by atoms with E-state index in [0.717, 1.165) is 38.4 Å². The van der Waals surface area contributed by atoms with Gasteiger partial charge in [0.25, 0.3) is 0 Å². The fourth-order valence-corrected chi connectivity index (χ4v) is 3.88. The molecule has 1 fully saturated rings. The third kappa shape index (κ3) is 5.78. The molecular formula is C23H23ClF4N6. The van der Waals surface area contributed by atoms with Gasteiger partial charge in [0, 0.05) is 34.9 Å². The second-order valence-electron chi connectivity index (χ2n) is 7.69. The first-order valence-corrected chi connectivity index (χ1v) is 10.9. The number of nitrogens with two attached hydrogens (primary N) is 1. The van der Waals surface area contributed by atoms with E-state index in [9.17, 15) is 17.6 Å². The van der Waals surface area contributed by atoms with E-state index in [1.165, 1.54) is 10.9 Å². The van der Waals surface area contributed by atoms with E-state index in [1.54, 1.807) is 18.2 Å². The third-order valence-electron chi connectivity index (χ3n) is 5.32. The van der Waals surface area contributed by atoms with E-state index in [0.29, 0.717) is 27.2 Å². The molecule has 0 saturated carbocycles. The highest BCUT2D eigenvalue weighted by molar-refractivity contribution is 6.31. The highest BCUT2D eigenvalue weighted by atomic mass is 35.5. The number of nitriles is 1. The molecule has 2 aromatic heterocycles. The molecule has 1 aliphatic rings. The molecular weight excluding hydrogens is 472 g/mol. The fourth-order valence-electron chi connectivity index (χ4n) is 3.71. The summed E-state index contributed by atoms with van der Waals surface area (Å²) < 4.78 is 52.4. The molecule has 0 unspecified atom stereocenters. The second kappa shape index (κ2) is 10.7. The number of piperidine rings is 1. The molecule has 1 saturated heterocycles. The third-order valence-corrected chi connectivity index (χ3v) is 5.56. The van der Waals surface area contributed by atoms with Crippen LogP contribution in [-0.2, 0) is 12.7 Å². The number of pyridine rings is 1. The maximum atomic E-state index is 13.0. The number of alkyl halides is 4. The number of anilines is 1. The van der Waals surface area contributed by atoms with Gasteiger partial charge in [-0.2, -0.15) is 23.5 Å². The van der Waals surface area contributed by atoms with E-state index >= 15 is 0 Å². The van der Waals surface area contributed by atoms with Gasteiger partial charge >= 0.3 is 6.18 Å². The van der Waals surface area contributed by atoms with Crippen molar-refractivity contribution in [3.05, 3.63) is 59.0 Å². The molecule has 6 nitrogen and oxygen atoms in total. The van der Waals surface area contributed by atoms with Gasteiger partial charge in [-0.05, 0) is 43.5 Å². The number of benzene rings is 1. The lowest BCUT2D eigenvalue weighted by atomic mass is 10.1. The number of hydrogen-bond donors (Lipinski definition) is 1. The zero-order chi connectivity index (χ0) is 24.9. The zero-order valence-corrected chi connectivity index (χ0v) is 19.0. The van der Waals surface area contributed by atoms with Crippen LogP contribution in [0.5, 0.6) is 0 Å². The van der Waals surface area contributed by atoms with Crippen molar-refractivity contribution in [2.45, 2.75) is 32.0 Å². The van der Waals surface area contributed by atoms with Crippen LogP contribution in [0.15, 0.2) is 37.0 Å². The monoisotopic (exact) mass is 494 g/mol. The molecule has 180 valence electrons. The predicted molar refractivity (Wildman–Crippen MR) is 124 cm³/mol. The molecule has 0 bridgehead atoms. The summed E-state index contributed by atoms with van der Waals surface area (Å²) in [7, 11) is 0. The second-order valence-corrected chi connectivity index (χ2v) is 8.13. The molecule has 11 heteroatoms. The molecule has 4 rings (SSSR count). The van der Waals surface area contributed by atoms with Crippen molar-refractivity contribution in [2.24, 2.45) is 5.73 Å². The normalized spacial score (nSPS) is 13.8. The molecule has 0 atom stereocenters. The number of halogens is 5. The van der Waals surface area contributed by atoms with Crippen LogP contribution in [0.2, 0.25) is 5.02 Å².